The van der Waals surface area contributed by atoms with Crippen LogP contribution < -0.4 is 10.6 Å². The van der Waals surface area contributed by atoms with Gasteiger partial charge < -0.3 is 10.6 Å². The maximum atomic E-state index is 4.78. The van der Waals surface area contributed by atoms with Gasteiger partial charge in [0.25, 0.3) is 0 Å². The average molecular weight is 314 g/mol. The standard InChI is InChI=1S/C17H22N4S/c1-11-15(18-9-8-14-3-2-10-22-14)20-17(12-4-5-12)21-16(11)19-13-6-7-13/h2-3,10,12-13H,4-9H2,1H3,(H2,18,19,20,21). The molecule has 0 radical (unpaired) electrons. The number of nitrogens with zero attached hydrogens (tertiary/aromatic N) is 2. The third-order valence-electron chi connectivity index (χ3n) is 4.27. The molecular formula is C17H22N4S. The first kappa shape index (κ1) is 14.0. The summed E-state index contributed by atoms with van der Waals surface area (Å²) in [5.74, 6) is 3.65. The fourth-order valence-corrected chi connectivity index (χ4v) is 3.26. The van der Waals surface area contributed by atoms with Gasteiger partial charge >= 0.3 is 0 Å². The highest BCUT2D eigenvalue weighted by atomic mass is 32.1. The highest BCUT2D eigenvalue weighted by Gasteiger charge is 2.29. The minimum absolute atomic E-state index is 0.582. The monoisotopic (exact) mass is 314 g/mol. The molecule has 5 heteroatoms. The number of thiophene rings is 1. The topological polar surface area (TPSA) is 49.8 Å². The Kier molecular flexibility index (Phi) is 3.74. The van der Waals surface area contributed by atoms with Crippen LogP contribution in [0.5, 0.6) is 0 Å². The van der Waals surface area contributed by atoms with Crippen molar-refractivity contribution < 1.29 is 0 Å². The summed E-state index contributed by atoms with van der Waals surface area (Å²) in [6, 6.07) is 4.92. The molecule has 0 saturated heterocycles. The van der Waals surface area contributed by atoms with Crippen LogP contribution in [0, 0.1) is 6.92 Å². The first-order chi connectivity index (χ1) is 10.8. The van der Waals surface area contributed by atoms with Crippen LogP contribution in [0.3, 0.4) is 0 Å². The lowest BCUT2D eigenvalue weighted by atomic mass is 10.2. The number of nitrogens with one attached hydrogen (secondary N) is 2. The van der Waals surface area contributed by atoms with Crippen molar-refractivity contribution in [2.24, 2.45) is 0 Å². The van der Waals surface area contributed by atoms with E-state index in [2.05, 4.69) is 35.1 Å². The Morgan fingerprint density at radius 1 is 1.18 bits per heavy atom. The number of rotatable bonds is 7. The van der Waals surface area contributed by atoms with Crippen LogP contribution in [0.4, 0.5) is 11.6 Å². The lowest BCUT2D eigenvalue weighted by Gasteiger charge is -2.14. The lowest BCUT2D eigenvalue weighted by molar-refractivity contribution is 0.902. The van der Waals surface area contributed by atoms with Crippen LogP contribution in [0.15, 0.2) is 17.5 Å². The zero-order chi connectivity index (χ0) is 14.9. The molecule has 0 aromatic carbocycles. The maximum Gasteiger partial charge on any atom is 0.136 e. The fourth-order valence-electron chi connectivity index (χ4n) is 2.55. The summed E-state index contributed by atoms with van der Waals surface area (Å²) in [5.41, 5.74) is 1.16. The molecule has 0 aliphatic heterocycles. The Balaban J connectivity index is 1.49. The second-order valence-corrected chi connectivity index (χ2v) is 7.39. The second-order valence-electron chi connectivity index (χ2n) is 6.35. The van der Waals surface area contributed by atoms with Gasteiger partial charge in [0.05, 0.1) is 0 Å². The summed E-state index contributed by atoms with van der Waals surface area (Å²) < 4.78 is 0. The maximum absolute atomic E-state index is 4.78. The van der Waals surface area contributed by atoms with E-state index in [1.165, 1.54) is 30.6 Å². The molecular weight excluding hydrogens is 292 g/mol. The summed E-state index contributed by atoms with van der Waals surface area (Å²) >= 11 is 1.82. The third kappa shape index (κ3) is 3.24. The van der Waals surface area contributed by atoms with Gasteiger partial charge in [0.2, 0.25) is 0 Å². The van der Waals surface area contributed by atoms with Crippen LogP contribution in [-0.2, 0) is 6.42 Å². The first-order valence-electron chi connectivity index (χ1n) is 8.21. The Labute approximate surface area is 135 Å². The normalized spacial score (nSPS) is 17.5. The van der Waals surface area contributed by atoms with Gasteiger partial charge in [0.1, 0.15) is 17.5 Å². The van der Waals surface area contributed by atoms with Gasteiger partial charge in [-0.3, -0.25) is 0 Å². The molecule has 0 spiro atoms. The summed E-state index contributed by atoms with van der Waals surface area (Å²) in [4.78, 5) is 11.0. The fraction of sp³-hybridized carbons (Fsp3) is 0.529. The summed E-state index contributed by atoms with van der Waals surface area (Å²) in [6.07, 6.45) is 6.05. The molecule has 0 amide bonds. The van der Waals surface area contributed by atoms with E-state index in [1.807, 2.05) is 11.3 Å². The molecule has 0 bridgehead atoms. The average Bonchev–Trinajstić information content (AvgIpc) is 3.44. The third-order valence-corrected chi connectivity index (χ3v) is 5.20. The van der Waals surface area contributed by atoms with E-state index in [9.17, 15) is 0 Å². The van der Waals surface area contributed by atoms with E-state index < -0.39 is 0 Å². The molecule has 4 rings (SSSR count). The van der Waals surface area contributed by atoms with Crippen LogP contribution in [0.25, 0.3) is 0 Å². The van der Waals surface area contributed by atoms with Crippen molar-refractivity contribution in [3.8, 4) is 0 Å². The van der Waals surface area contributed by atoms with Gasteiger partial charge in [-0.15, -0.1) is 11.3 Å². The van der Waals surface area contributed by atoms with Crippen LogP contribution in [-0.4, -0.2) is 22.6 Å². The predicted octanol–water partition coefficient (Wildman–Crippen LogP) is 3.95. The van der Waals surface area contributed by atoms with Crippen LogP contribution >= 0.6 is 11.3 Å². The zero-order valence-corrected chi connectivity index (χ0v) is 13.7. The molecule has 0 unspecified atom stereocenters. The van der Waals surface area contributed by atoms with Gasteiger partial charge in [-0.1, -0.05) is 6.07 Å². The summed E-state index contributed by atoms with van der Waals surface area (Å²) in [6.45, 7) is 3.04. The Morgan fingerprint density at radius 2 is 2.00 bits per heavy atom. The smallest absolute Gasteiger partial charge is 0.136 e. The number of hydrogen-bond donors (Lipinski definition) is 2. The number of anilines is 2. The molecule has 2 aromatic heterocycles. The number of hydrogen-bond acceptors (Lipinski definition) is 5. The highest BCUT2D eigenvalue weighted by molar-refractivity contribution is 7.09. The van der Waals surface area contributed by atoms with Gasteiger partial charge in [0, 0.05) is 28.9 Å². The largest absolute Gasteiger partial charge is 0.369 e. The number of aromatic nitrogens is 2. The van der Waals surface area contributed by atoms with E-state index >= 15 is 0 Å². The first-order valence-corrected chi connectivity index (χ1v) is 9.09. The molecule has 116 valence electrons. The minimum atomic E-state index is 0.582. The van der Waals surface area contributed by atoms with Gasteiger partial charge in [0.15, 0.2) is 0 Å². The molecule has 2 aliphatic rings. The second kappa shape index (κ2) is 5.88. The molecule has 2 fully saturated rings. The Morgan fingerprint density at radius 3 is 2.68 bits per heavy atom. The molecule has 2 aliphatic carbocycles. The van der Waals surface area contributed by atoms with Crippen molar-refractivity contribution in [3.05, 3.63) is 33.8 Å². The van der Waals surface area contributed by atoms with E-state index in [4.69, 9.17) is 9.97 Å². The highest BCUT2D eigenvalue weighted by Crippen LogP contribution is 2.40. The quantitative estimate of drug-likeness (QED) is 0.812. The minimum Gasteiger partial charge on any atom is -0.369 e. The molecule has 2 N–H and O–H groups in total. The van der Waals surface area contributed by atoms with E-state index in [1.54, 1.807) is 0 Å². The molecule has 2 saturated carbocycles. The van der Waals surface area contributed by atoms with Crippen molar-refractivity contribution in [2.45, 2.75) is 51.0 Å². The van der Waals surface area contributed by atoms with Gasteiger partial charge in [-0.25, -0.2) is 9.97 Å². The van der Waals surface area contributed by atoms with Crippen LogP contribution in [0.2, 0.25) is 0 Å². The van der Waals surface area contributed by atoms with Gasteiger partial charge in [-0.05, 0) is 50.5 Å². The Hall–Kier alpha value is -1.62. The van der Waals surface area contributed by atoms with Crippen molar-refractivity contribution in [1.82, 2.24) is 9.97 Å². The zero-order valence-electron chi connectivity index (χ0n) is 12.9. The molecule has 2 heterocycles. The van der Waals surface area contributed by atoms with Gasteiger partial charge in [-0.2, -0.15) is 0 Å². The SMILES string of the molecule is Cc1c(NCCc2cccs2)nc(C2CC2)nc1NC1CC1. The lowest BCUT2D eigenvalue weighted by Crippen LogP contribution is -2.13. The van der Waals surface area contributed by atoms with Crippen LogP contribution in [0.1, 0.15) is 47.9 Å². The molecule has 22 heavy (non-hydrogen) atoms. The Bertz CT molecular complexity index is 645. The van der Waals surface area contributed by atoms with E-state index in [-0.39, 0.29) is 0 Å². The predicted molar refractivity (Wildman–Crippen MR) is 91.9 cm³/mol. The molecule has 0 atom stereocenters. The van der Waals surface area contributed by atoms with Crippen molar-refractivity contribution in [2.75, 3.05) is 17.2 Å². The summed E-state index contributed by atoms with van der Waals surface area (Å²) in [7, 11) is 0. The van der Waals surface area contributed by atoms with E-state index in [0.717, 1.165) is 36.0 Å². The van der Waals surface area contributed by atoms with Crippen molar-refractivity contribution >= 4 is 23.0 Å². The molecule has 2 aromatic rings. The van der Waals surface area contributed by atoms with E-state index in [0.29, 0.717) is 12.0 Å². The van der Waals surface area contributed by atoms with Crippen molar-refractivity contribution in [3.63, 3.8) is 0 Å². The molecule has 4 nitrogen and oxygen atoms in total. The summed E-state index contributed by atoms with van der Waals surface area (Å²) in [5, 5.41) is 9.22. The van der Waals surface area contributed by atoms with Crippen molar-refractivity contribution in [1.29, 1.82) is 0 Å².